The molecule has 5 nitrogen and oxygen atoms in total. The lowest BCUT2D eigenvalue weighted by molar-refractivity contribution is 0.102. The fourth-order valence-corrected chi connectivity index (χ4v) is 3.43. The molecule has 0 aliphatic carbocycles. The summed E-state index contributed by atoms with van der Waals surface area (Å²) in [5.41, 5.74) is 3.47. The molecule has 1 saturated heterocycles. The van der Waals surface area contributed by atoms with Crippen molar-refractivity contribution < 1.29 is 4.79 Å². The number of rotatable bonds is 4. The summed E-state index contributed by atoms with van der Waals surface area (Å²) in [7, 11) is 0. The molecular formula is C20H26N4O. The molecular weight excluding hydrogens is 312 g/mol. The minimum atomic E-state index is -0.192. The van der Waals surface area contributed by atoms with Gasteiger partial charge in [0.1, 0.15) is 17.8 Å². The molecule has 1 aliphatic rings. The number of hydrogen-bond donors (Lipinski definition) is 1. The maximum absolute atomic E-state index is 12.6. The monoisotopic (exact) mass is 338 g/mol. The molecule has 0 bridgehead atoms. The quantitative estimate of drug-likeness (QED) is 0.911. The summed E-state index contributed by atoms with van der Waals surface area (Å²) in [4.78, 5) is 23.6. The number of piperidine rings is 1. The highest BCUT2D eigenvalue weighted by Crippen LogP contribution is 2.25. The van der Waals surface area contributed by atoms with E-state index in [0.717, 1.165) is 35.6 Å². The third-order valence-electron chi connectivity index (χ3n) is 5.13. The highest BCUT2D eigenvalue weighted by molar-refractivity contribution is 6.03. The molecule has 5 heteroatoms. The lowest BCUT2D eigenvalue weighted by atomic mass is 10.00. The van der Waals surface area contributed by atoms with E-state index in [1.807, 2.05) is 38.1 Å². The minimum absolute atomic E-state index is 0.192. The first-order valence-corrected chi connectivity index (χ1v) is 9.06. The van der Waals surface area contributed by atoms with Crippen molar-refractivity contribution in [3.63, 3.8) is 0 Å². The van der Waals surface area contributed by atoms with E-state index < -0.39 is 0 Å². The van der Waals surface area contributed by atoms with E-state index in [1.165, 1.54) is 25.6 Å². The molecule has 2 aromatic rings. The van der Waals surface area contributed by atoms with Crippen molar-refractivity contribution >= 4 is 17.4 Å². The van der Waals surface area contributed by atoms with E-state index in [2.05, 4.69) is 27.1 Å². The van der Waals surface area contributed by atoms with Gasteiger partial charge in [-0.25, -0.2) is 9.97 Å². The Hall–Kier alpha value is -2.43. The van der Waals surface area contributed by atoms with Crippen LogP contribution in [0.2, 0.25) is 0 Å². The van der Waals surface area contributed by atoms with Gasteiger partial charge in [0.15, 0.2) is 0 Å². The molecule has 0 spiro atoms. The van der Waals surface area contributed by atoms with Crippen molar-refractivity contribution in [2.45, 2.75) is 52.5 Å². The zero-order valence-electron chi connectivity index (χ0n) is 15.2. The molecule has 1 fully saturated rings. The lowest BCUT2D eigenvalue weighted by Gasteiger charge is -2.36. The molecule has 0 radical (unpaired) electrons. The average Bonchev–Trinajstić information content (AvgIpc) is 2.65. The number of hydrogen-bond acceptors (Lipinski definition) is 4. The second kappa shape index (κ2) is 7.64. The van der Waals surface area contributed by atoms with E-state index >= 15 is 0 Å². The zero-order chi connectivity index (χ0) is 17.8. The van der Waals surface area contributed by atoms with Gasteiger partial charge in [-0.3, -0.25) is 4.79 Å². The van der Waals surface area contributed by atoms with Crippen molar-refractivity contribution in [1.82, 2.24) is 9.97 Å². The maximum atomic E-state index is 12.6. The van der Waals surface area contributed by atoms with E-state index in [4.69, 9.17) is 0 Å². The van der Waals surface area contributed by atoms with Gasteiger partial charge in [0.25, 0.3) is 5.91 Å². The van der Waals surface area contributed by atoms with Gasteiger partial charge >= 0.3 is 0 Å². The first-order valence-electron chi connectivity index (χ1n) is 9.06. The van der Waals surface area contributed by atoms with E-state index in [9.17, 15) is 4.79 Å². The number of nitrogens with zero attached hydrogens (tertiary/aromatic N) is 3. The topological polar surface area (TPSA) is 58.1 Å². The van der Waals surface area contributed by atoms with Crippen molar-refractivity contribution in [2.24, 2.45) is 0 Å². The smallest absolute Gasteiger partial charge is 0.274 e. The maximum Gasteiger partial charge on any atom is 0.274 e. The van der Waals surface area contributed by atoms with Gasteiger partial charge in [-0.05, 0) is 56.7 Å². The minimum Gasteiger partial charge on any atom is -0.354 e. The molecule has 1 aromatic heterocycles. The molecule has 1 N–H and O–H groups in total. The van der Waals surface area contributed by atoms with E-state index in [1.54, 1.807) is 0 Å². The highest BCUT2D eigenvalue weighted by atomic mass is 16.1. The van der Waals surface area contributed by atoms with Gasteiger partial charge in [-0.1, -0.05) is 19.1 Å². The van der Waals surface area contributed by atoms with Crippen LogP contribution in [0.4, 0.5) is 11.5 Å². The van der Waals surface area contributed by atoms with Gasteiger partial charge < -0.3 is 10.2 Å². The number of aromatic nitrogens is 2. The Kier molecular flexibility index (Phi) is 5.31. The van der Waals surface area contributed by atoms with E-state index in [-0.39, 0.29) is 5.91 Å². The van der Waals surface area contributed by atoms with Crippen LogP contribution in [-0.2, 0) is 0 Å². The molecule has 0 saturated carbocycles. The lowest BCUT2D eigenvalue weighted by Crippen LogP contribution is -2.39. The summed E-state index contributed by atoms with van der Waals surface area (Å²) >= 11 is 0. The predicted molar refractivity (Wildman–Crippen MR) is 101 cm³/mol. The molecule has 2 heterocycles. The molecule has 1 aliphatic heterocycles. The molecule has 3 rings (SSSR count). The SMILES string of the molecule is CCC1CCCCN1c1cc(C(=O)Nc2cccc(C)c2C)ncn1. The second-order valence-corrected chi connectivity index (χ2v) is 6.71. The third kappa shape index (κ3) is 3.81. The Labute approximate surface area is 149 Å². The molecule has 1 atom stereocenters. The number of amides is 1. The largest absolute Gasteiger partial charge is 0.354 e. The van der Waals surface area contributed by atoms with E-state index in [0.29, 0.717) is 11.7 Å². The van der Waals surface area contributed by atoms with Gasteiger partial charge in [0, 0.05) is 24.3 Å². The summed E-state index contributed by atoms with van der Waals surface area (Å²) in [6.45, 7) is 7.25. The number of carbonyl (C=O) groups is 1. The number of carbonyl (C=O) groups excluding carboxylic acids is 1. The molecule has 1 unspecified atom stereocenters. The Morgan fingerprint density at radius 2 is 2.12 bits per heavy atom. The number of anilines is 2. The number of nitrogens with one attached hydrogen (secondary N) is 1. The first kappa shape index (κ1) is 17.4. The fraction of sp³-hybridized carbons (Fsp3) is 0.450. The van der Waals surface area contributed by atoms with Crippen molar-refractivity contribution in [3.8, 4) is 0 Å². The van der Waals surface area contributed by atoms with Crippen LogP contribution in [0.15, 0.2) is 30.6 Å². The Morgan fingerprint density at radius 1 is 1.28 bits per heavy atom. The summed E-state index contributed by atoms with van der Waals surface area (Å²) < 4.78 is 0. The number of aryl methyl sites for hydroxylation is 1. The summed E-state index contributed by atoms with van der Waals surface area (Å²) in [5, 5.41) is 2.97. The van der Waals surface area contributed by atoms with Gasteiger partial charge in [-0.15, -0.1) is 0 Å². The molecule has 1 aromatic carbocycles. The third-order valence-corrected chi connectivity index (χ3v) is 5.13. The summed E-state index contributed by atoms with van der Waals surface area (Å²) in [6.07, 6.45) is 6.21. The van der Waals surface area contributed by atoms with Crippen LogP contribution in [0.3, 0.4) is 0 Å². The fourth-order valence-electron chi connectivity index (χ4n) is 3.43. The average molecular weight is 338 g/mol. The van der Waals surface area contributed by atoms with Gasteiger partial charge in [-0.2, -0.15) is 0 Å². The van der Waals surface area contributed by atoms with Crippen molar-refractivity contribution in [1.29, 1.82) is 0 Å². The molecule has 25 heavy (non-hydrogen) atoms. The first-order chi connectivity index (χ1) is 12.1. The number of benzene rings is 1. The van der Waals surface area contributed by atoms with Crippen LogP contribution in [0.25, 0.3) is 0 Å². The van der Waals surface area contributed by atoms with Crippen molar-refractivity contribution in [2.75, 3.05) is 16.8 Å². The van der Waals surface area contributed by atoms with Crippen LogP contribution < -0.4 is 10.2 Å². The summed E-state index contributed by atoms with van der Waals surface area (Å²) in [6, 6.07) is 8.21. The molecule has 1 amide bonds. The normalized spacial score (nSPS) is 17.4. The molecule has 132 valence electrons. The van der Waals surface area contributed by atoms with Crippen LogP contribution >= 0.6 is 0 Å². The van der Waals surface area contributed by atoms with Crippen molar-refractivity contribution in [3.05, 3.63) is 47.4 Å². The van der Waals surface area contributed by atoms with Crippen LogP contribution in [-0.4, -0.2) is 28.5 Å². The Bertz CT molecular complexity index is 759. The second-order valence-electron chi connectivity index (χ2n) is 6.71. The Balaban J connectivity index is 1.81. The van der Waals surface area contributed by atoms with Gasteiger partial charge in [0.05, 0.1) is 0 Å². The summed E-state index contributed by atoms with van der Waals surface area (Å²) in [5.74, 6) is 0.662. The standard InChI is InChI=1S/C20H26N4O/c1-4-16-9-5-6-11-24(16)19-12-18(21-13-22-19)20(25)23-17-10-7-8-14(2)15(17)3/h7-8,10,12-13,16H,4-6,9,11H2,1-3H3,(H,23,25). The Morgan fingerprint density at radius 3 is 2.92 bits per heavy atom. The van der Waals surface area contributed by atoms with Gasteiger partial charge in [0.2, 0.25) is 0 Å². The van der Waals surface area contributed by atoms with Crippen LogP contribution in [0.1, 0.15) is 54.2 Å². The predicted octanol–water partition coefficient (Wildman–Crippen LogP) is 4.11. The highest BCUT2D eigenvalue weighted by Gasteiger charge is 2.23. The van der Waals surface area contributed by atoms with Crippen LogP contribution in [0.5, 0.6) is 0 Å². The van der Waals surface area contributed by atoms with Crippen LogP contribution in [0, 0.1) is 13.8 Å². The zero-order valence-corrected chi connectivity index (χ0v) is 15.2.